The van der Waals surface area contributed by atoms with Crippen molar-refractivity contribution in [1.82, 2.24) is 0 Å². The summed E-state index contributed by atoms with van der Waals surface area (Å²) in [4.78, 5) is 30.7. The lowest BCUT2D eigenvalue weighted by Gasteiger charge is -1.91. The third-order valence-electron chi connectivity index (χ3n) is 0.730. The number of hydrogen-bond donors (Lipinski definition) is 1. The quantitative estimate of drug-likeness (QED) is 0.341. The van der Waals surface area contributed by atoms with Crippen LogP contribution >= 0.6 is 0 Å². The maximum atomic E-state index is 10.5. The Hall–Kier alpha value is -2.17. The molecule has 0 unspecified atom stereocenters. The summed E-state index contributed by atoms with van der Waals surface area (Å²) < 4.78 is 4.00. The number of carbonyl (C=O) groups excluding carboxylic acids is 2. The fraction of sp³-hybridized carbons (Fsp3) is 0.182. The minimum absolute atomic E-state index is 0.568. The van der Waals surface area contributed by atoms with Crippen LogP contribution in [0.25, 0.3) is 0 Å². The first-order valence-electron chi connectivity index (χ1n) is 4.21. The largest absolute Gasteiger partial charge is 0.478 e. The van der Waals surface area contributed by atoms with E-state index in [-0.39, 0.29) is 0 Å². The van der Waals surface area contributed by atoms with E-state index in [1.807, 2.05) is 13.8 Å². The standard InChI is InChI=1S/C7H6O5.C4H8/c1-2-6(10)12-7(11)4-3-5(8)9;1-4(2)3/h2-4H,1H2,(H,8,9);1H2,2-3H3/b4-3-;. The minimum atomic E-state index is -1.29. The van der Waals surface area contributed by atoms with Gasteiger partial charge in [0.25, 0.3) is 0 Å². The van der Waals surface area contributed by atoms with Crippen molar-refractivity contribution < 1.29 is 24.2 Å². The van der Waals surface area contributed by atoms with Gasteiger partial charge >= 0.3 is 17.9 Å². The fourth-order valence-electron chi connectivity index (χ4n) is 0.314. The average Bonchev–Trinajstić information content (AvgIpc) is 2.13. The molecule has 0 aromatic carbocycles. The average molecular weight is 226 g/mol. The second kappa shape index (κ2) is 9.39. The number of carboxylic acids is 1. The van der Waals surface area contributed by atoms with Crippen LogP contribution in [0.4, 0.5) is 0 Å². The first-order valence-corrected chi connectivity index (χ1v) is 4.21. The SMILES string of the molecule is C=C(C)C.C=CC(=O)OC(=O)/C=C\C(=O)O. The molecule has 0 aliphatic heterocycles. The topological polar surface area (TPSA) is 80.7 Å². The van der Waals surface area contributed by atoms with Crippen LogP contribution in [0, 0.1) is 0 Å². The van der Waals surface area contributed by atoms with Crippen LogP contribution in [0.3, 0.4) is 0 Å². The van der Waals surface area contributed by atoms with Gasteiger partial charge in [0.1, 0.15) is 0 Å². The second-order valence-corrected chi connectivity index (χ2v) is 2.82. The van der Waals surface area contributed by atoms with Crippen LogP contribution in [0.5, 0.6) is 0 Å². The van der Waals surface area contributed by atoms with Gasteiger partial charge in [0.15, 0.2) is 0 Å². The molecule has 16 heavy (non-hydrogen) atoms. The lowest BCUT2D eigenvalue weighted by molar-refractivity contribution is -0.152. The van der Waals surface area contributed by atoms with Crippen LogP contribution in [-0.4, -0.2) is 23.0 Å². The van der Waals surface area contributed by atoms with E-state index < -0.39 is 17.9 Å². The van der Waals surface area contributed by atoms with E-state index in [4.69, 9.17) is 5.11 Å². The lowest BCUT2D eigenvalue weighted by Crippen LogP contribution is -2.07. The predicted octanol–water partition coefficient (Wildman–Crippen LogP) is 1.47. The molecule has 0 rings (SSSR count). The number of carbonyl (C=O) groups is 3. The fourth-order valence-corrected chi connectivity index (χ4v) is 0.314. The molecule has 0 radical (unpaired) electrons. The lowest BCUT2D eigenvalue weighted by atomic mass is 10.4. The Morgan fingerprint density at radius 1 is 1.12 bits per heavy atom. The summed E-state index contributed by atoms with van der Waals surface area (Å²) in [6.07, 6.45) is 1.99. The molecule has 0 bridgehead atoms. The summed E-state index contributed by atoms with van der Waals surface area (Å²) in [5.41, 5.74) is 1.17. The number of allylic oxidation sites excluding steroid dienone is 1. The zero-order valence-electron chi connectivity index (χ0n) is 9.23. The molecule has 0 fully saturated rings. The molecule has 0 heterocycles. The number of ether oxygens (including phenoxy) is 1. The highest BCUT2D eigenvalue weighted by molar-refractivity contribution is 5.98. The summed E-state index contributed by atoms with van der Waals surface area (Å²) in [5, 5.41) is 8.05. The third kappa shape index (κ3) is 17.8. The number of aliphatic carboxylic acids is 1. The molecule has 0 spiro atoms. The van der Waals surface area contributed by atoms with E-state index in [1.54, 1.807) is 0 Å². The van der Waals surface area contributed by atoms with E-state index in [2.05, 4.69) is 17.9 Å². The molecule has 0 aromatic rings. The molecule has 5 heteroatoms. The van der Waals surface area contributed by atoms with Crippen molar-refractivity contribution in [2.75, 3.05) is 0 Å². The van der Waals surface area contributed by atoms with Gasteiger partial charge in [0.05, 0.1) is 0 Å². The van der Waals surface area contributed by atoms with Crippen LogP contribution in [0.2, 0.25) is 0 Å². The number of rotatable bonds is 3. The summed E-state index contributed by atoms with van der Waals surface area (Å²) in [7, 11) is 0. The van der Waals surface area contributed by atoms with Crippen molar-refractivity contribution in [1.29, 1.82) is 0 Å². The molecular weight excluding hydrogens is 212 g/mol. The Morgan fingerprint density at radius 2 is 1.56 bits per heavy atom. The Morgan fingerprint density at radius 3 is 1.88 bits per heavy atom. The van der Waals surface area contributed by atoms with Crippen molar-refractivity contribution in [3.63, 3.8) is 0 Å². The number of hydrogen-bond acceptors (Lipinski definition) is 4. The molecule has 0 aromatic heterocycles. The highest BCUT2D eigenvalue weighted by Gasteiger charge is 2.02. The molecule has 0 amide bonds. The van der Waals surface area contributed by atoms with E-state index in [0.717, 1.165) is 6.08 Å². The summed E-state index contributed by atoms with van der Waals surface area (Å²) >= 11 is 0. The molecule has 0 saturated carbocycles. The monoisotopic (exact) mass is 226 g/mol. The Balaban J connectivity index is 0. The first kappa shape index (κ1) is 16.3. The van der Waals surface area contributed by atoms with Crippen molar-refractivity contribution in [2.24, 2.45) is 0 Å². The van der Waals surface area contributed by atoms with Crippen LogP contribution in [0.15, 0.2) is 37.0 Å². The molecule has 0 aliphatic carbocycles. The molecule has 5 nitrogen and oxygen atoms in total. The minimum Gasteiger partial charge on any atom is -0.478 e. The summed E-state index contributed by atoms with van der Waals surface area (Å²) in [6, 6.07) is 0. The van der Waals surface area contributed by atoms with Gasteiger partial charge in [-0.25, -0.2) is 14.4 Å². The van der Waals surface area contributed by atoms with Crippen molar-refractivity contribution in [2.45, 2.75) is 13.8 Å². The molecule has 88 valence electrons. The van der Waals surface area contributed by atoms with Crippen molar-refractivity contribution in [3.8, 4) is 0 Å². The Bertz CT molecular complexity index is 321. The molecule has 0 atom stereocenters. The zero-order chi connectivity index (χ0) is 13.1. The maximum absolute atomic E-state index is 10.5. The predicted molar refractivity (Wildman–Crippen MR) is 58.6 cm³/mol. The first-order chi connectivity index (χ1) is 7.29. The highest BCUT2D eigenvalue weighted by atomic mass is 16.6. The summed E-state index contributed by atoms with van der Waals surface area (Å²) in [5.74, 6) is -3.25. The Kier molecular flexibility index (Phi) is 9.54. The van der Waals surface area contributed by atoms with Crippen LogP contribution in [-0.2, 0) is 19.1 Å². The van der Waals surface area contributed by atoms with Gasteiger partial charge in [-0.3, -0.25) is 0 Å². The van der Waals surface area contributed by atoms with E-state index in [9.17, 15) is 14.4 Å². The van der Waals surface area contributed by atoms with Gasteiger partial charge in [-0.05, 0) is 13.8 Å². The van der Waals surface area contributed by atoms with Gasteiger partial charge in [-0.1, -0.05) is 12.2 Å². The van der Waals surface area contributed by atoms with Gasteiger partial charge in [-0.2, -0.15) is 0 Å². The molecular formula is C11H14O5. The number of esters is 2. The van der Waals surface area contributed by atoms with Crippen molar-refractivity contribution >= 4 is 17.9 Å². The third-order valence-corrected chi connectivity index (χ3v) is 0.730. The smallest absolute Gasteiger partial charge is 0.338 e. The van der Waals surface area contributed by atoms with E-state index in [1.165, 1.54) is 5.57 Å². The zero-order valence-corrected chi connectivity index (χ0v) is 9.23. The summed E-state index contributed by atoms with van der Waals surface area (Å²) in [6.45, 7) is 10.5. The van der Waals surface area contributed by atoms with E-state index in [0.29, 0.717) is 12.2 Å². The van der Waals surface area contributed by atoms with Gasteiger partial charge < -0.3 is 9.84 Å². The number of carboxylic acid groups (broad SMARTS) is 1. The Labute approximate surface area is 93.7 Å². The van der Waals surface area contributed by atoms with Gasteiger partial charge in [0, 0.05) is 18.2 Å². The normalized spacial score (nSPS) is 8.62. The maximum Gasteiger partial charge on any atom is 0.338 e. The molecule has 0 saturated heterocycles. The van der Waals surface area contributed by atoms with Crippen LogP contribution in [0.1, 0.15) is 13.8 Å². The van der Waals surface area contributed by atoms with Gasteiger partial charge in [-0.15, -0.1) is 6.58 Å². The highest BCUT2D eigenvalue weighted by Crippen LogP contribution is 1.84. The van der Waals surface area contributed by atoms with Gasteiger partial charge in [0.2, 0.25) is 0 Å². The molecule has 0 aliphatic rings. The molecule has 1 N–H and O–H groups in total. The van der Waals surface area contributed by atoms with Crippen LogP contribution < -0.4 is 0 Å². The van der Waals surface area contributed by atoms with Crippen molar-refractivity contribution in [3.05, 3.63) is 37.0 Å². The van der Waals surface area contributed by atoms with E-state index >= 15 is 0 Å². The second-order valence-electron chi connectivity index (χ2n) is 2.82.